The first kappa shape index (κ1) is 11.3. The molecular formula is C13H15NO. The largest absolute Gasteiger partial charge is 0.331 e. The number of terminal acetylenes is 1. The molecule has 1 aromatic carbocycles. The lowest BCUT2D eigenvalue weighted by molar-refractivity contribution is 0.0812. The third-order valence-corrected chi connectivity index (χ3v) is 2.14. The third-order valence-electron chi connectivity index (χ3n) is 2.14. The highest BCUT2D eigenvalue weighted by Crippen LogP contribution is 2.10. The highest BCUT2D eigenvalue weighted by atomic mass is 16.2. The van der Waals surface area contributed by atoms with Gasteiger partial charge in [0, 0.05) is 12.6 Å². The molecule has 0 unspecified atom stereocenters. The number of benzene rings is 1. The fourth-order valence-corrected chi connectivity index (χ4v) is 1.53. The molecule has 0 aliphatic heterocycles. The molecule has 2 nitrogen and oxygen atoms in total. The molecule has 0 bridgehead atoms. The molecule has 1 rings (SSSR count). The Labute approximate surface area is 90.9 Å². The zero-order valence-electron chi connectivity index (χ0n) is 9.37. The Hall–Kier alpha value is -1.75. The number of nitrogens with zero attached hydrogens (tertiary/aromatic N) is 1. The predicted molar refractivity (Wildman–Crippen MR) is 61.7 cm³/mol. The van der Waals surface area contributed by atoms with Gasteiger partial charge in [0.15, 0.2) is 0 Å². The van der Waals surface area contributed by atoms with Crippen molar-refractivity contribution in [3.05, 3.63) is 34.9 Å². The highest BCUT2D eigenvalue weighted by molar-refractivity contribution is 5.94. The molecule has 0 aliphatic carbocycles. The molecule has 0 heterocycles. The summed E-state index contributed by atoms with van der Waals surface area (Å²) in [5.41, 5.74) is 2.88. The second-order valence-electron chi connectivity index (χ2n) is 3.74. The molecule has 0 N–H and O–H groups in total. The summed E-state index contributed by atoms with van der Waals surface area (Å²) in [6, 6.07) is 5.79. The number of rotatable bonds is 2. The van der Waals surface area contributed by atoms with Crippen molar-refractivity contribution in [2.24, 2.45) is 0 Å². The maximum atomic E-state index is 11.9. The molecule has 15 heavy (non-hydrogen) atoms. The second kappa shape index (κ2) is 4.65. The minimum absolute atomic E-state index is 0.0280. The Morgan fingerprint density at radius 3 is 2.33 bits per heavy atom. The molecule has 0 spiro atoms. The summed E-state index contributed by atoms with van der Waals surface area (Å²) in [6.07, 6.45) is 5.16. The summed E-state index contributed by atoms with van der Waals surface area (Å²) in [5.74, 6) is 2.42. The van der Waals surface area contributed by atoms with Crippen molar-refractivity contribution >= 4 is 5.91 Å². The quantitative estimate of drug-likeness (QED) is 0.670. The summed E-state index contributed by atoms with van der Waals surface area (Å²) in [5, 5.41) is 0. The van der Waals surface area contributed by atoms with Gasteiger partial charge in [-0.05, 0) is 26.0 Å². The first-order valence-corrected chi connectivity index (χ1v) is 4.82. The lowest BCUT2D eigenvalue weighted by Crippen LogP contribution is -2.27. The molecule has 0 fully saturated rings. The number of carbonyl (C=O) groups is 1. The third kappa shape index (κ3) is 2.85. The lowest BCUT2D eigenvalue weighted by Gasteiger charge is -2.14. The van der Waals surface area contributed by atoms with Crippen LogP contribution in [0.3, 0.4) is 0 Å². The van der Waals surface area contributed by atoms with Crippen molar-refractivity contribution in [2.45, 2.75) is 13.8 Å². The molecule has 0 saturated carbocycles. The van der Waals surface area contributed by atoms with Crippen molar-refractivity contribution in [2.75, 3.05) is 13.6 Å². The number of hydrogen-bond donors (Lipinski definition) is 0. The van der Waals surface area contributed by atoms with E-state index in [-0.39, 0.29) is 5.91 Å². The minimum Gasteiger partial charge on any atom is -0.331 e. The van der Waals surface area contributed by atoms with Crippen LogP contribution in [0.2, 0.25) is 0 Å². The van der Waals surface area contributed by atoms with Gasteiger partial charge in [-0.3, -0.25) is 4.79 Å². The fraction of sp³-hybridized carbons (Fsp3) is 0.308. The average molecular weight is 201 g/mol. The topological polar surface area (TPSA) is 20.3 Å². The van der Waals surface area contributed by atoms with E-state index in [4.69, 9.17) is 6.42 Å². The van der Waals surface area contributed by atoms with Crippen LogP contribution in [-0.2, 0) is 0 Å². The molecule has 78 valence electrons. The van der Waals surface area contributed by atoms with Gasteiger partial charge < -0.3 is 4.90 Å². The molecule has 0 aliphatic rings. The van der Waals surface area contributed by atoms with Crippen LogP contribution >= 0.6 is 0 Å². The van der Waals surface area contributed by atoms with E-state index in [0.717, 1.165) is 11.1 Å². The van der Waals surface area contributed by atoms with Crippen LogP contribution in [0.15, 0.2) is 18.2 Å². The molecule has 0 atom stereocenters. The Kier molecular flexibility index (Phi) is 3.51. The number of hydrogen-bond acceptors (Lipinski definition) is 1. The van der Waals surface area contributed by atoms with Gasteiger partial charge in [-0.25, -0.2) is 0 Å². The van der Waals surface area contributed by atoms with E-state index in [9.17, 15) is 4.79 Å². The van der Waals surface area contributed by atoms with Crippen LogP contribution in [0.5, 0.6) is 0 Å². The predicted octanol–water partition coefficient (Wildman–Crippen LogP) is 2.01. The van der Waals surface area contributed by atoms with Crippen LogP contribution in [-0.4, -0.2) is 24.4 Å². The van der Waals surface area contributed by atoms with Crippen LogP contribution in [0.4, 0.5) is 0 Å². The molecule has 0 saturated heterocycles. The van der Waals surface area contributed by atoms with Gasteiger partial charge in [-0.2, -0.15) is 0 Å². The van der Waals surface area contributed by atoms with Crippen molar-refractivity contribution in [3.63, 3.8) is 0 Å². The first-order chi connectivity index (χ1) is 7.04. The van der Waals surface area contributed by atoms with E-state index < -0.39 is 0 Å². The second-order valence-corrected chi connectivity index (χ2v) is 3.74. The molecule has 0 radical (unpaired) electrons. The number of aryl methyl sites for hydroxylation is 2. The maximum Gasteiger partial charge on any atom is 0.254 e. The van der Waals surface area contributed by atoms with Crippen molar-refractivity contribution in [3.8, 4) is 12.3 Å². The lowest BCUT2D eigenvalue weighted by atomic mass is 10.1. The molecule has 1 amide bonds. The van der Waals surface area contributed by atoms with E-state index in [1.165, 1.54) is 4.90 Å². The summed E-state index contributed by atoms with van der Waals surface area (Å²) in [6.45, 7) is 4.29. The fourth-order valence-electron chi connectivity index (χ4n) is 1.53. The average Bonchev–Trinajstić information content (AvgIpc) is 2.15. The van der Waals surface area contributed by atoms with E-state index in [2.05, 4.69) is 5.92 Å². The smallest absolute Gasteiger partial charge is 0.254 e. The SMILES string of the molecule is C#CCN(C)C(=O)c1cc(C)cc(C)c1. The molecule has 0 aromatic heterocycles. The van der Waals surface area contributed by atoms with Crippen LogP contribution in [0, 0.1) is 26.2 Å². The van der Waals surface area contributed by atoms with E-state index in [1.54, 1.807) is 7.05 Å². The van der Waals surface area contributed by atoms with Crippen molar-refractivity contribution in [1.82, 2.24) is 4.90 Å². The zero-order valence-corrected chi connectivity index (χ0v) is 9.37. The summed E-state index contributed by atoms with van der Waals surface area (Å²) >= 11 is 0. The first-order valence-electron chi connectivity index (χ1n) is 4.82. The van der Waals surface area contributed by atoms with Crippen LogP contribution < -0.4 is 0 Å². The molecule has 1 aromatic rings. The Balaban J connectivity index is 2.97. The summed E-state index contributed by atoms with van der Waals surface area (Å²) in [7, 11) is 1.71. The zero-order chi connectivity index (χ0) is 11.4. The minimum atomic E-state index is -0.0280. The van der Waals surface area contributed by atoms with Gasteiger partial charge in [0.25, 0.3) is 5.91 Å². The van der Waals surface area contributed by atoms with E-state index >= 15 is 0 Å². The van der Waals surface area contributed by atoms with E-state index in [1.807, 2.05) is 32.0 Å². The van der Waals surface area contributed by atoms with Crippen LogP contribution in [0.25, 0.3) is 0 Å². The van der Waals surface area contributed by atoms with Gasteiger partial charge in [-0.1, -0.05) is 23.1 Å². The Morgan fingerprint density at radius 1 is 1.33 bits per heavy atom. The van der Waals surface area contributed by atoms with Gasteiger partial charge in [0.05, 0.1) is 6.54 Å². The van der Waals surface area contributed by atoms with Gasteiger partial charge >= 0.3 is 0 Å². The Bertz CT molecular complexity index is 395. The monoisotopic (exact) mass is 201 g/mol. The standard InChI is InChI=1S/C13H15NO/c1-5-6-14(4)13(15)12-8-10(2)7-11(3)9-12/h1,7-9H,6H2,2-4H3. The summed E-state index contributed by atoms with van der Waals surface area (Å²) < 4.78 is 0. The highest BCUT2D eigenvalue weighted by Gasteiger charge is 2.10. The maximum absolute atomic E-state index is 11.9. The van der Waals surface area contributed by atoms with Crippen LogP contribution in [0.1, 0.15) is 21.5 Å². The molecule has 2 heteroatoms. The normalized spacial score (nSPS) is 9.47. The van der Waals surface area contributed by atoms with Gasteiger partial charge in [0.2, 0.25) is 0 Å². The molecular weight excluding hydrogens is 186 g/mol. The van der Waals surface area contributed by atoms with Gasteiger partial charge in [0.1, 0.15) is 0 Å². The number of amides is 1. The van der Waals surface area contributed by atoms with Crippen molar-refractivity contribution in [1.29, 1.82) is 0 Å². The van der Waals surface area contributed by atoms with Gasteiger partial charge in [-0.15, -0.1) is 6.42 Å². The number of carbonyl (C=O) groups excluding carboxylic acids is 1. The van der Waals surface area contributed by atoms with Crippen molar-refractivity contribution < 1.29 is 4.79 Å². The summed E-state index contributed by atoms with van der Waals surface area (Å²) in [4.78, 5) is 13.4. The van der Waals surface area contributed by atoms with E-state index in [0.29, 0.717) is 12.1 Å². The Morgan fingerprint density at radius 2 is 1.87 bits per heavy atom.